The third kappa shape index (κ3) is 5.67. The lowest BCUT2D eigenvalue weighted by Gasteiger charge is -2.29. The minimum atomic E-state index is -1.26. The summed E-state index contributed by atoms with van der Waals surface area (Å²) in [5.41, 5.74) is 0. The molecule has 0 aromatic carbocycles. The molecule has 0 atom stereocenters. The highest BCUT2D eigenvalue weighted by Gasteiger charge is 2.19. The van der Waals surface area contributed by atoms with Gasteiger partial charge in [-0.05, 0) is 19.4 Å². The highest BCUT2D eigenvalue weighted by atomic mass is 28.3. The third-order valence-electron chi connectivity index (χ3n) is 1.93. The molecule has 0 aliphatic carbocycles. The monoisotopic (exact) mass is 208 g/mol. The fourth-order valence-corrected chi connectivity index (χ4v) is 2.49. The van der Waals surface area contributed by atoms with Gasteiger partial charge >= 0.3 is 0 Å². The van der Waals surface area contributed by atoms with Crippen LogP contribution in [-0.4, -0.2) is 19.3 Å². The lowest BCUT2D eigenvalue weighted by molar-refractivity contribution is 0.623. The Morgan fingerprint density at radius 1 is 1.21 bits per heavy atom. The molecule has 3 heteroatoms. The van der Waals surface area contributed by atoms with E-state index < -0.39 is 8.24 Å². The molecule has 0 unspecified atom stereocenters. The van der Waals surface area contributed by atoms with E-state index in [2.05, 4.69) is 49.2 Å². The van der Waals surface area contributed by atoms with Crippen molar-refractivity contribution in [2.45, 2.75) is 45.8 Å². The largest absolute Gasteiger partial charge is 0.359 e. The summed E-state index contributed by atoms with van der Waals surface area (Å²) in [4.78, 5) is 0. The van der Waals surface area contributed by atoms with Crippen molar-refractivity contribution in [2.24, 2.45) is 0 Å². The summed E-state index contributed by atoms with van der Waals surface area (Å²) in [7, 11) is -1.26. The highest BCUT2D eigenvalue weighted by Crippen LogP contribution is 2.06. The van der Waals surface area contributed by atoms with Crippen molar-refractivity contribution in [1.82, 2.24) is 4.57 Å². The van der Waals surface area contributed by atoms with Crippen LogP contribution in [0, 0.1) is 23.3 Å². The number of hydrogen-bond donors (Lipinski definition) is 0. The van der Waals surface area contributed by atoms with E-state index in [9.17, 15) is 0 Å². The fraction of sp³-hybridized carbons (Fsp3) is 0.727. The number of hydrogen-bond acceptors (Lipinski definition) is 2. The number of nitriles is 1. The molecule has 0 heterocycles. The lowest BCUT2D eigenvalue weighted by Crippen LogP contribution is -2.42. The van der Waals surface area contributed by atoms with Crippen molar-refractivity contribution < 1.29 is 0 Å². The zero-order valence-electron chi connectivity index (χ0n) is 9.72. The predicted octanol–water partition coefficient (Wildman–Crippen LogP) is 2.80. The van der Waals surface area contributed by atoms with Gasteiger partial charge in [-0.2, -0.15) is 5.26 Å². The summed E-state index contributed by atoms with van der Waals surface area (Å²) < 4.78 is 2.26. The van der Waals surface area contributed by atoms with E-state index in [-0.39, 0.29) is 0 Å². The summed E-state index contributed by atoms with van der Waals surface area (Å²) in [6, 6.07) is 5.33. The van der Waals surface area contributed by atoms with Gasteiger partial charge in [-0.3, -0.25) is 0 Å². The normalized spacial score (nSPS) is 9.93. The molecule has 0 spiro atoms. The molecule has 0 radical (unpaired) electrons. The van der Waals surface area contributed by atoms with Crippen LogP contribution >= 0.6 is 0 Å². The van der Waals surface area contributed by atoms with Gasteiger partial charge in [0.2, 0.25) is 0 Å². The van der Waals surface area contributed by atoms with Gasteiger partial charge in [0.15, 0.2) is 8.24 Å². The molecule has 0 fully saturated rings. The van der Waals surface area contributed by atoms with E-state index >= 15 is 0 Å². The van der Waals surface area contributed by atoms with Crippen LogP contribution in [0.15, 0.2) is 0 Å². The molecule has 0 N–H and O–H groups in total. The molecule has 14 heavy (non-hydrogen) atoms. The lowest BCUT2D eigenvalue weighted by atomic mass is 10.2. The molecule has 0 amide bonds. The summed E-state index contributed by atoms with van der Waals surface area (Å²) >= 11 is 0. The maximum Gasteiger partial charge on any atom is 0.157 e. The molecule has 2 nitrogen and oxygen atoms in total. The van der Waals surface area contributed by atoms with Gasteiger partial charge in [-0.1, -0.05) is 25.6 Å². The van der Waals surface area contributed by atoms with Gasteiger partial charge < -0.3 is 4.57 Å². The van der Waals surface area contributed by atoms with E-state index in [4.69, 9.17) is 5.26 Å². The number of unbranched alkanes of at least 4 members (excludes halogenated alkanes) is 2. The Hall–Kier alpha value is -0.933. The van der Waals surface area contributed by atoms with Crippen LogP contribution in [0.25, 0.3) is 0 Å². The molecule has 0 saturated heterocycles. The van der Waals surface area contributed by atoms with Crippen LogP contribution in [0.5, 0.6) is 0 Å². The molecule has 0 aliphatic rings. The second kappa shape index (κ2) is 6.51. The Labute approximate surface area is 89.0 Å². The smallest absolute Gasteiger partial charge is 0.157 e. The van der Waals surface area contributed by atoms with Crippen molar-refractivity contribution in [3.05, 3.63) is 0 Å². The second-order valence-corrected chi connectivity index (χ2v) is 9.10. The molecule has 0 rings (SSSR count). The molecule has 0 aromatic heterocycles. The van der Waals surface area contributed by atoms with E-state index in [1.807, 2.05) is 0 Å². The second-order valence-electron chi connectivity index (χ2n) is 4.22. The molecule has 0 aliphatic heterocycles. The van der Waals surface area contributed by atoms with Gasteiger partial charge in [0, 0.05) is 19.4 Å². The third-order valence-corrected chi connectivity index (χ3v) is 3.98. The quantitative estimate of drug-likeness (QED) is 0.307. The fourth-order valence-electron chi connectivity index (χ4n) is 1.13. The van der Waals surface area contributed by atoms with Gasteiger partial charge in [0.05, 0.1) is 6.07 Å². The van der Waals surface area contributed by atoms with Gasteiger partial charge in [0.1, 0.15) is 0 Å². The Morgan fingerprint density at radius 3 is 2.29 bits per heavy atom. The minimum absolute atomic E-state index is 0.619. The molecule has 0 saturated carbocycles. The van der Waals surface area contributed by atoms with Crippen LogP contribution in [0.3, 0.4) is 0 Å². The number of rotatable bonds is 4. The van der Waals surface area contributed by atoms with Crippen LogP contribution in [0.1, 0.15) is 26.2 Å². The van der Waals surface area contributed by atoms with Crippen LogP contribution in [0.4, 0.5) is 0 Å². The minimum Gasteiger partial charge on any atom is -0.359 e. The van der Waals surface area contributed by atoms with E-state index in [0.717, 1.165) is 19.4 Å². The maximum atomic E-state index is 8.35. The zero-order chi connectivity index (χ0) is 11.0. The van der Waals surface area contributed by atoms with Gasteiger partial charge in [-0.25, -0.2) is 0 Å². The van der Waals surface area contributed by atoms with Crippen molar-refractivity contribution in [2.75, 3.05) is 6.54 Å². The van der Waals surface area contributed by atoms with E-state index in [1.54, 1.807) is 0 Å². The molecule has 0 bridgehead atoms. The molecule has 78 valence electrons. The van der Waals surface area contributed by atoms with Crippen molar-refractivity contribution >= 4 is 8.24 Å². The summed E-state index contributed by atoms with van der Waals surface area (Å²) in [6.45, 7) is 10.0. The Balaban J connectivity index is 3.99. The van der Waals surface area contributed by atoms with Gasteiger partial charge in [-0.15, -0.1) is 0 Å². The average Bonchev–Trinajstić information content (AvgIpc) is 2.09. The topological polar surface area (TPSA) is 27.0 Å². The zero-order valence-corrected chi connectivity index (χ0v) is 10.7. The van der Waals surface area contributed by atoms with Crippen LogP contribution < -0.4 is 0 Å². The highest BCUT2D eigenvalue weighted by molar-refractivity contribution is 6.73. The molecular formula is C11H20N2Si. The van der Waals surface area contributed by atoms with Crippen LogP contribution in [-0.2, 0) is 0 Å². The first-order valence-corrected chi connectivity index (χ1v) is 8.60. The summed E-state index contributed by atoms with van der Waals surface area (Å²) in [5, 5.41) is 8.35. The maximum absolute atomic E-state index is 8.35. The van der Waals surface area contributed by atoms with Crippen molar-refractivity contribution in [1.29, 1.82) is 5.26 Å². The Kier molecular flexibility index (Phi) is 6.08. The first-order valence-electron chi connectivity index (χ1n) is 5.15. The number of nitrogens with zero attached hydrogens (tertiary/aromatic N) is 2. The van der Waals surface area contributed by atoms with Crippen molar-refractivity contribution in [3.8, 4) is 18.0 Å². The first-order chi connectivity index (χ1) is 6.52. The van der Waals surface area contributed by atoms with E-state index in [0.29, 0.717) is 6.42 Å². The van der Waals surface area contributed by atoms with E-state index in [1.165, 1.54) is 0 Å². The van der Waals surface area contributed by atoms with Gasteiger partial charge in [0.25, 0.3) is 0 Å². The van der Waals surface area contributed by atoms with Crippen LogP contribution in [0.2, 0.25) is 19.6 Å². The summed E-state index contributed by atoms with van der Waals surface area (Å²) in [5.74, 6) is 3.14. The Bertz CT molecular complexity index is 249. The SMILES string of the molecule is CCN(C#CCCCC#N)[Si](C)(C)C. The average molecular weight is 208 g/mol. The summed E-state index contributed by atoms with van der Waals surface area (Å²) in [6.07, 6.45) is 2.36. The molecule has 0 aromatic rings. The standard InChI is InChI=1S/C11H20N2Si/c1-5-13(14(2,3)4)11-9-7-6-8-10-12/h5-8H2,1-4H3. The Morgan fingerprint density at radius 2 is 1.86 bits per heavy atom. The van der Waals surface area contributed by atoms with Crippen molar-refractivity contribution in [3.63, 3.8) is 0 Å². The predicted molar refractivity (Wildman–Crippen MR) is 63.0 cm³/mol. The first kappa shape index (κ1) is 13.1. The molecular weight excluding hydrogens is 188 g/mol.